The zero-order valence-electron chi connectivity index (χ0n) is 18.5. The van der Waals surface area contributed by atoms with Gasteiger partial charge >= 0.3 is 0 Å². The quantitative estimate of drug-likeness (QED) is 0.384. The minimum atomic E-state index is 0.0116. The second-order valence-electron chi connectivity index (χ2n) is 8.09. The molecule has 0 radical (unpaired) electrons. The molecule has 1 aromatic heterocycles. The van der Waals surface area contributed by atoms with Crippen molar-refractivity contribution in [3.8, 4) is 0 Å². The van der Waals surface area contributed by atoms with Crippen molar-refractivity contribution in [2.75, 3.05) is 65.3 Å². The number of anilines is 1. The van der Waals surface area contributed by atoms with Crippen LogP contribution in [0.3, 0.4) is 0 Å². The van der Waals surface area contributed by atoms with Crippen LogP contribution in [0.1, 0.15) is 19.3 Å². The molecule has 30 heavy (non-hydrogen) atoms. The minimum Gasteiger partial charge on any atom is -0.356 e. The number of guanidine groups is 1. The van der Waals surface area contributed by atoms with Gasteiger partial charge in [-0.25, -0.2) is 0 Å². The van der Waals surface area contributed by atoms with E-state index in [4.69, 9.17) is 0 Å². The fourth-order valence-corrected chi connectivity index (χ4v) is 4.16. The van der Waals surface area contributed by atoms with Gasteiger partial charge in [0.1, 0.15) is 6.54 Å². The topological polar surface area (TPSA) is 89.3 Å². The minimum absolute atomic E-state index is 0.0116. The van der Waals surface area contributed by atoms with Crippen LogP contribution in [0.15, 0.2) is 17.4 Å². The summed E-state index contributed by atoms with van der Waals surface area (Å²) in [5.74, 6) is 0.983. The molecule has 3 rings (SSSR count). The lowest BCUT2D eigenvalue weighted by atomic mass is 10.2. The molecule has 1 aromatic rings. The SMILES string of the molecule is CN=C(NCCCN1CCCC1C(=O)N(C)C)N1CCN(c2cnn(C)c2)C(=O)C1. The molecule has 0 spiro atoms. The number of carbonyl (C=O) groups excluding carboxylic acids is 2. The molecule has 1 N–H and O–H groups in total. The molecule has 10 nitrogen and oxygen atoms in total. The number of likely N-dealkylation sites (tertiary alicyclic amines) is 1. The molecular weight excluding hydrogens is 384 g/mol. The smallest absolute Gasteiger partial charge is 0.246 e. The molecule has 10 heteroatoms. The third-order valence-corrected chi connectivity index (χ3v) is 5.73. The average Bonchev–Trinajstić information content (AvgIpc) is 3.36. The van der Waals surface area contributed by atoms with Crippen molar-refractivity contribution >= 4 is 23.5 Å². The van der Waals surface area contributed by atoms with Gasteiger partial charge in [-0.2, -0.15) is 5.10 Å². The summed E-state index contributed by atoms with van der Waals surface area (Å²) in [6, 6.07) is 0.0116. The van der Waals surface area contributed by atoms with E-state index in [2.05, 4.69) is 20.3 Å². The predicted molar refractivity (Wildman–Crippen MR) is 116 cm³/mol. The monoisotopic (exact) mass is 418 g/mol. The van der Waals surface area contributed by atoms with Crippen LogP contribution in [0.4, 0.5) is 5.69 Å². The molecule has 2 amide bonds. The van der Waals surface area contributed by atoms with Gasteiger partial charge in [0.25, 0.3) is 0 Å². The number of hydrogen-bond donors (Lipinski definition) is 1. The number of aliphatic imine (C=N–C) groups is 1. The maximum absolute atomic E-state index is 12.6. The van der Waals surface area contributed by atoms with E-state index in [9.17, 15) is 9.59 Å². The van der Waals surface area contributed by atoms with E-state index in [1.165, 1.54) is 0 Å². The summed E-state index contributed by atoms with van der Waals surface area (Å²) in [6.45, 7) is 4.22. The maximum Gasteiger partial charge on any atom is 0.246 e. The van der Waals surface area contributed by atoms with Gasteiger partial charge in [-0.15, -0.1) is 0 Å². The number of nitrogens with one attached hydrogen (secondary N) is 1. The normalized spacial score (nSPS) is 20.7. The molecular formula is C20H34N8O2. The highest BCUT2D eigenvalue weighted by Crippen LogP contribution is 2.19. The summed E-state index contributed by atoms with van der Waals surface area (Å²) in [5, 5.41) is 7.53. The van der Waals surface area contributed by atoms with Crippen LogP contribution >= 0.6 is 0 Å². The number of nitrogens with zero attached hydrogens (tertiary/aromatic N) is 7. The summed E-state index contributed by atoms with van der Waals surface area (Å²) in [7, 11) is 7.22. The molecule has 1 atom stereocenters. The largest absolute Gasteiger partial charge is 0.356 e. The van der Waals surface area contributed by atoms with Crippen molar-refractivity contribution in [2.45, 2.75) is 25.3 Å². The molecule has 3 heterocycles. The first-order valence-corrected chi connectivity index (χ1v) is 10.6. The van der Waals surface area contributed by atoms with Crippen LogP contribution in [0, 0.1) is 0 Å². The third-order valence-electron chi connectivity index (χ3n) is 5.73. The third kappa shape index (κ3) is 5.10. The Bertz CT molecular complexity index is 775. The first-order valence-electron chi connectivity index (χ1n) is 10.6. The van der Waals surface area contributed by atoms with Crippen molar-refractivity contribution in [2.24, 2.45) is 12.0 Å². The molecule has 0 aromatic carbocycles. The van der Waals surface area contributed by atoms with Gasteiger partial charge in [-0.3, -0.25) is 24.2 Å². The van der Waals surface area contributed by atoms with E-state index < -0.39 is 0 Å². The Morgan fingerprint density at radius 2 is 2.13 bits per heavy atom. The Kier molecular flexibility index (Phi) is 7.30. The number of carbonyl (C=O) groups is 2. The highest BCUT2D eigenvalue weighted by atomic mass is 16.2. The zero-order chi connectivity index (χ0) is 21.7. The number of piperazine rings is 1. The number of rotatable bonds is 6. The lowest BCUT2D eigenvalue weighted by Crippen LogP contribution is -2.55. The van der Waals surface area contributed by atoms with Crippen molar-refractivity contribution in [1.82, 2.24) is 29.8 Å². The van der Waals surface area contributed by atoms with Gasteiger partial charge in [0, 0.05) is 60.6 Å². The molecule has 2 aliphatic rings. The van der Waals surface area contributed by atoms with Gasteiger partial charge in [0.2, 0.25) is 11.8 Å². The molecule has 0 aliphatic carbocycles. The van der Waals surface area contributed by atoms with Crippen LogP contribution in [0.25, 0.3) is 0 Å². The number of likely N-dealkylation sites (N-methyl/N-ethyl adjacent to an activating group) is 1. The first kappa shape index (κ1) is 22.1. The number of aryl methyl sites for hydroxylation is 1. The molecule has 1 unspecified atom stereocenters. The molecule has 0 bridgehead atoms. The predicted octanol–water partition coefficient (Wildman–Crippen LogP) is -0.413. The van der Waals surface area contributed by atoms with Crippen molar-refractivity contribution in [1.29, 1.82) is 0 Å². The van der Waals surface area contributed by atoms with E-state index in [0.717, 1.165) is 50.5 Å². The van der Waals surface area contributed by atoms with E-state index in [-0.39, 0.29) is 17.9 Å². The Morgan fingerprint density at radius 1 is 1.33 bits per heavy atom. The van der Waals surface area contributed by atoms with Gasteiger partial charge in [-0.1, -0.05) is 0 Å². The Hall–Kier alpha value is -2.62. The van der Waals surface area contributed by atoms with E-state index in [1.54, 1.807) is 27.7 Å². The average molecular weight is 419 g/mol. The maximum atomic E-state index is 12.6. The van der Waals surface area contributed by atoms with Crippen LogP contribution < -0.4 is 10.2 Å². The molecule has 2 fully saturated rings. The number of hydrogen-bond acceptors (Lipinski definition) is 5. The number of aromatic nitrogens is 2. The van der Waals surface area contributed by atoms with Crippen molar-refractivity contribution in [3.05, 3.63) is 12.4 Å². The summed E-state index contributed by atoms with van der Waals surface area (Å²) < 4.78 is 1.70. The van der Waals surface area contributed by atoms with Crippen LogP contribution in [0.5, 0.6) is 0 Å². The standard InChI is InChI=1S/C20H34N8O2/c1-21-20(22-8-6-10-26-9-5-7-17(26)19(30)24(2)3)27-11-12-28(18(29)15-27)16-13-23-25(4)14-16/h13-14,17H,5-12,15H2,1-4H3,(H,21,22). The van der Waals surface area contributed by atoms with E-state index in [0.29, 0.717) is 19.6 Å². The Balaban J connectivity index is 1.44. The van der Waals surface area contributed by atoms with Crippen molar-refractivity contribution in [3.63, 3.8) is 0 Å². The van der Waals surface area contributed by atoms with Crippen molar-refractivity contribution < 1.29 is 9.59 Å². The van der Waals surface area contributed by atoms with Gasteiger partial charge in [0.15, 0.2) is 5.96 Å². The lowest BCUT2D eigenvalue weighted by molar-refractivity contribution is -0.133. The highest BCUT2D eigenvalue weighted by Gasteiger charge is 2.31. The second-order valence-corrected chi connectivity index (χ2v) is 8.09. The van der Waals surface area contributed by atoms with Gasteiger partial charge < -0.3 is 20.0 Å². The second kappa shape index (κ2) is 9.92. The fraction of sp³-hybridized carbons (Fsp3) is 0.700. The Morgan fingerprint density at radius 3 is 2.77 bits per heavy atom. The summed E-state index contributed by atoms with van der Waals surface area (Å²) in [5.41, 5.74) is 0.831. The van der Waals surface area contributed by atoms with Crippen LogP contribution in [-0.2, 0) is 16.6 Å². The number of amides is 2. The fourth-order valence-electron chi connectivity index (χ4n) is 4.16. The van der Waals surface area contributed by atoms with E-state index >= 15 is 0 Å². The van der Waals surface area contributed by atoms with Crippen LogP contribution in [0.2, 0.25) is 0 Å². The highest BCUT2D eigenvalue weighted by molar-refractivity contribution is 5.98. The Labute approximate surface area is 178 Å². The van der Waals surface area contributed by atoms with Crippen LogP contribution in [-0.4, -0.2) is 109 Å². The van der Waals surface area contributed by atoms with E-state index in [1.807, 2.05) is 32.2 Å². The molecule has 166 valence electrons. The zero-order valence-corrected chi connectivity index (χ0v) is 18.5. The van der Waals surface area contributed by atoms with Gasteiger partial charge in [-0.05, 0) is 25.8 Å². The summed E-state index contributed by atoms with van der Waals surface area (Å²) in [4.78, 5) is 37.0. The molecule has 0 saturated carbocycles. The molecule has 2 aliphatic heterocycles. The first-order chi connectivity index (χ1) is 14.4. The summed E-state index contributed by atoms with van der Waals surface area (Å²) >= 11 is 0. The lowest BCUT2D eigenvalue weighted by Gasteiger charge is -2.35. The summed E-state index contributed by atoms with van der Waals surface area (Å²) in [6.07, 6.45) is 6.50. The molecule has 2 saturated heterocycles. The van der Waals surface area contributed by atoms with Gasteiger partial charge in [0.05, 0.1) is 17.9 Å².